The van der Waals surface area contributed by atoms with Crippen LogP contribution in [0.25, 0.3) is 11.3 Å². The van der Waals surface area contributed by atoms with E-state index in [0.29, 0.717) is 0 Å². The fourth-order valence-electron chi connectivity index (χ4n) is 1.63. The molecule has 3 heteroatoms. The highest BCUT2D eigenvalue weighted by molar-refractivity contribution is 7.98. The van der Waals surface area contributed by atoms with E-state index in [-0.39, 0.29) is 0 Å². The van der Waals surface area contributed by atoms with Gasteiger partial charge in [-0.05, 0) is 12.1 Å². The van der Waals surface area contributed by atoms with Crippen molar-refractivity contribution in [3.05, 3.63) is 48.2 Å². The van der Waals surface area contributed by atoms with Gasteiger partial charge in [-0.1, -0.05) is 24.3 Å². The van der Waals surface area contributed by atoms with Gasteiger partial charge in [-0.15, -0.1) is 0 Å². The lowest BCUT2D eigenvalue weighted by Gasteiger charge is -2.04. The molecule has 2 aromatic rings. The predicted molar refractivity (Wildman–Crippen MR) is 63.1 cm³/mol. The van der Waals surface area contributed by atoms with Crippen molar-refractivity contribution in [1.82, 2.24) is 4.98 Å². The predicted octanol–water partition coefficient (Wildman–Crippen LogP) is 3.19. The standard InChI is InChI=1S/C12H8N2S/c1-2-5-10-9(4-1)8-14-15-11-6-3-7-13-12(10)11/h1-8H. The van der Waals surface area contributed by atoms with Crippen molar-refractivity contribution in [2.24, 2.45) is 4.40 Å². The van der Waals surface area contributed by atoms with E-state index in [1.807, 2.05) is 36.7 Å². The van der Waals surface area contributed by atoms with Crippen LogP contribution in [-0.2, 0) is 0 Å². The average Bonchev–Trinajstić information content (AvgIpc) is 2.48. The first-order chi connectivity index (χ1) is 7.45. The summed E-state index contributed by atoms with van der Waals surface area (Å²) in [5, 5.41) is 0. The Morgan fingerprint density at radius 1 is 1.00 bits per heavy atom. The third-order valence-electron chi connectivity index (χ3n) is 2.33. The fourth-order valence-corrected chi connectivity index (χ4v) is 2.30. The molecule has 1 aromatic carbocycles. The van der Waals surface area contributed by atoms with Crippen molar-refractivity contribution in [3.63, 3.8) is 0 Å². The minimum atomic E-state index is 1.02. The molecule has 1 aromatic heterocycles. The van der Waals surface area contributed by atoms with Gasteiger partial charge in [-0.2, -0.15) is 0 Å². The molecule has 72 valence electrons. The van der Waals surface area contributed by atoms with Gasteiger partial charge in [-0.3, -0.25) is 4.98 Å². The Balaban J connectivity index is 2.33. The van der Waals surface area contributed by atoms with Gasteiger partial charge in [0.2, 0.25) is 0 Å². The van der Waals surface area contributed by atoms with E-state index < -0.39 is 0 Å². The number of hydrogen-bond donors (Lipinski definition) is 0. The first-order valence-corrected chi connectivity index (χ1v) is 5.47. The summed E-state index contributed by atoms with van der Waals surface area (Å²) in [5.74, 6) is 0. The van der Waals surface area contributed by atoms with Crippen molar-refractivity contribution in [1.29, 1.82) is 0 Å². The van der Waals surface area contributed by atoms with E-state index in [0.717, 1.165) is 21.7 Å². The summed E-state index contributed by atoms with van der Waals surface area (Å²) in [6, 6.07) is 12.2. The van der Waals surface area contributed by atoms with Crippen LogP contribution in [0.15, 0.2) is 51.9 Å². The van der Waals surface area contributed by atoms with Crippen LogP contribution in [0, 0.1) is 0 Å². The highest BCUT2D eigenvalue weighted by Gasteiger charge is 2.12. The highest BCUT2D eigenvalue weighted by Crippen LogP contribution is 2.33. The summed E-state index contributed by atoms with van der Waals surface area (Å²) in [7, 11) is 0. The zero-order chi connectivity index (χ0) is 10.1. The minimum Gasteiger partial charge on any atom is -0.255 e. The Morgan fingerprint density at radius 3 is 2.93 bits per heavy atom. The van der Waals surface area contributed by atoms with Gasteiger partial charge in [0.25, 0.3) is 0 Å². The number of nitrogens with zero attached hydrogens (tertiary/aromatic N) is 2. The molecule has 0 fully saturated rings. The van der Waals surface area contributed by atoms with Crippen molar-refractivity contribution >= 4 is 18.2 Å². The largest absolute Gasteiger partial charge is 0.255 e. The van der Waals surface area contributed by atoms with Crippen LogP contribution in [0.4, 0.5) is 0 Å². The lowest BCUT2D eigenvalue weighted by molar-refractivity contribution is 1.24. The molecule has 0 amide bonds. The lowest BCUT2D eigenvalue weighted by atomic mass is 10.1. The summed E-state index contributed by atoms with van der Waals surface area (Å²) >= 11 is 1.47. The molecule has 2 heterocycles. The number of hydrogen-bond acceptors (Lipinski definition) is 3. The van der Waals surface area contributed by atoms with Gasteiger partial charge in [0, 0.05) is 35.5 Å². The Bertz CT molecular complexity index is 535. The highest BCUT2D eigenvalue weighted by atomic mass is 32.2. The maximum absolute atomic E-state index is 4.42. The molecule has 0 unspecified atom stereocenters. The summed E-state index contributed by atoms with van der Waals surface area (Å²) < 4.78 is 4.31. The van der Waals surface area contributed by atoms with Crippen LogP contribution in [0.1, 0.15) is 5.56 Å². The van der Waals surface area contributed by atoms with E-state index >= 15 is 0 Å². The smallest absolute Gasteiger partial charge is 0.0862 e. The number of pyridine rings is 1. The topological polar surface area (TPSA) is 25.2 Å². The molecule has 0 spiro atoms. The second kappa shape index (κ2) is 3.51. The van der Waals surface area contributed by atoms with E-state index in [2.05, 4.69) is 21.5 Å². The first kappa shape index (κ1) is 8.68. The first-order valence-electron chi connectivity index (χ1n) is 4.70. The van der Waals surface area contributed by atoms with E-state index in [1.54, 1.807) is 0 Å². The molecule has 0 aliphatic carbocycles. The van der Waals surface area contributed by atoms with Gasteiger partial charge in [0.05, 0.1) is 10.6 Å². The van der Waals surface area contributed by atoms with Crippen molar-refractivity contribution in [2.45, 2.75) is 4.90 Å². The normalized spacial score (nSPS) is 12.8. The second-order valence-corrected chi connectivity index (χ2v) is 4.10. The average molecular weight is 212 g/mol. The molecule has 15 heavy (non-hydrogen) atoms. The van der Waals surface area contributed by atoms with E-state index in [9.17, 15) is 0 Å². The maximum atomic E-state index is 4.42. The monoisotopic (exact) mass is 212 g/mol. The zero-order valence-electron chi connectivity index (χ0n) is 7.92. The molecule has 0 bridgehead atoms. The van der Waals surface area contributed by atoms with Crippen LogP contribution >= 0.6 is 11.9 Å². The summed E-state index contributed by atoms with van der Waals surface area (Å²) in [6.45, 7) is 0. The van der Waals surface area contributed by atoms with E-state index in [1.165, 1.54) is 11.9 Å². The van der Waals surface area contributed by atoms with Crippen molar-refractivity contribution in [2.75, 3.05) is 0 Å². The summed E-state index contributed by atoms with van der Waals surface area (Å²) in [6.07, 6.45) is 3.71. The van der Waals surface area contributed by atoms with Gasteiger partial charge in [0.1, 0.15) is 0 Å². The Morgan fingerprint density at radius 2 is 1.93 bits per heavy atom. The number of rotatable bonds is 0. The molecule has 0 radical (unpaired) electrons. The third kappa shape index (κ3) is 1.45. The molecule has 1 aliphatic heterocycles. The summed E-state index contributed by atoms with van der Waals surface area (Å²) in [4.78, 5) is 5.53. The van der Waals surface area contributed by atoms with Crippen molar-refractivity contribution < 1.29 is 0 Å². The Labute approximate surface area is 92.2 Å². The van der Waals surface area contributed by atoms with Gasteiger partial charge >= 0.3 is 0 Å². The zero-order valence-corrected chi connectivity index (χ0v) is 8.74. The van der Waals surface area contributed by atoms with E-state index in [4.69, 9.17) is 0 Å². The number of fused-ring (bicyclic) bond motifs is 3. The van der Waals surface area contributed by atoms with Crippen LogP contribution in [-0.4, -0.2) is 11.2 Å². The number of benzene rings is 1. The quantitative estimate of drug-likeness (QED) is 0.627. The molecule has 0 saturated carbocycles. The molecular weight excluding hydrogens is 204 g/mol. The van der Waals surface area contributed by atoms with Crippen LogP contribution in [0.3, 0.4) is 0 Å². The van der Waals surface area contributed by atoms with Crippen LogP contribution in [0.5, 0.6) is 0 Å². The molecule has 0 saturated heterocycles. The SMILES string of the molecule is C1=NSc2cccnc2-c2ccccc21. The molecule has 1 aliphatic rings. The number of aromatic nitrogens is 1. The molecule has 2 nitrogen and oxygen atoms in total. The fraction of sp³-hybridized carbons (Fsp3) is 0. The summed E-state index contributed by atoms with van der Waals surface area (Å²) in [5.41, 5.74) is 3.31. The van der Waals surface area contributed by atoms with Gasteiger partial charge in [0.15, 0.2) is 0 Å². The van der Waals surface area contributed by atoms with Crippen LogP contribution in [0.2, 0.25) is 0 Å². The lowest BCUT2D eigenvalue weighted by Crippen LogP contribution is -1.89. The Kier molecular flexibility index (Phi) is 2.03. The third-order valence-corrected chi connectivity index (χ3v) is 3.07. The second-order valence-electron chi connectivity index (χ2n) is 3.26. The molecule has 3 rings (SSSR count). The van der Waals surface area contributed by atoms with Crippen LogP contribution < -0.4 is 0 Å². The Hall–Kier alpha value is -1.61. The molecule has 0 atom stereocenters. The molecular formula is C12H8N2S. The van der Waals surface area contributed by atoms with Crippen molar-refractivity contribution in [3.8, 4) is 11.3 Å². The van der Waals surface area contributed by atoms with Gasteiger partial charge < -0.3 is 0 Å². The van der Waals surface area contributed by atoms with Gasteiger partial charge in [-0.25, -0.2) is 4.40 Å². The maximum Gasteiger partial charge on any atom is 0.0862 e. The molecule has 0 N–H and O–H groups in total. The minimum absolute atomic E-state index is 1.02.